The molecular weight excluding hydrogens is 346 g/mol. The summed E-state index contributed by atoms with van der Waals surface area (Å²) >= 11 is 0. The van der Waals surface area contributed by atoms with Crippen molar-refractivity contribution in [3.63, 3.8) is 0 Å². The molecule has 1 aromatic carbocycles. The molecule has 1 fully saturated rings. The first-order valence-corrected chi connectivity index (χ1v) is 8.35. The summed E-state index contributed by atoms with van der Waals surface area (Å²) in [6.45, 7) is 0.204. The topological polar surface area (TPSA) is 117 Å². The molecule has 0 bridgehead atoms. The van der Waals surface area contributed by atoms with E-state index >= 15 is 0 Å². The Labute approximate surface area is 156 Å². The second-order valence-corrected chi connectivity index (χ2v) is 6.44. The third-order valence-electron chi connectivity index (χ3n) is 4.40. The average molecular weight is 365 g/mol. The van der Waals surface area contributed by atoms with Gasteiger partial charge in [0.25, 0.3) is 11.8 Å². The van der Waals surface area contributed by atoms with Crippen LogP contribution in [-0.4, -0.2) is 51.1 Å². The Morgan fingerprint density at radius 2 is 2.15 bits per heavy atom. The molecule has 0 spiro atoms. The molecule has 3 rings (SSSR count). The highest BCUT2D eigenvalue weighted by atomic mass is 16.3. The lowest BCUT2D eigenvalue weighted by Crippen LogP contribution is -2.37. The van der Waals surface area contributed by atoms with Crippen molar-refractivity contribution < 1.29 is 19.8 Å². The molecule has 1 aromatic heterocycles. The fourth-order valence-electron chi connectivity index (χ4n) is 2.85. The van der Waals surface area contributed by atoms with Crippen LogP contribution in [0.25, 0.3) is 11.3 Å². The molecule has 1 aliphatic heterocycles. The first-order valence-electron chi connectivity index (χ1n) is 8.35. The number of hydrogen-bond donors (Lipinski definition) is 3. The van der Waals surface area contributed by atoms with Crippen molar-refractivity contribution in [2.24, 2.45) is 5.73 Å². The Morgan fingerprint density at radius 1 is 1.37 bits per heavy atom. The summed E-state index contributed by atoms with van der Waals surface area (Å²) in [5.74, 6) is 4.41. The number of aliphatic hydroxyl groups excluding tert-OH is 1. The maximum atomic E-state index is 12.0. The summed E-state index contributed by atoms with van der Waals surface area (Å²) in [5, 5.41) is 19.8. The van der Waals surface area contributed by atoms with Crippen LogP contribution in [0.15, 0.2) is 36.4 Å². The zero-order chi connectivity index (χ0) is 19.6. The lowest BCUT2D eigenvalue weighted by Gasteiger charge is -2.13. The summed E-state index contributed by atoms with van der Waals surface area (Å²) in [6, 6.07) is 10.1. The largest absolute Gasteiger partial charge is 0.392 e. The zero-order valence-corrected chi connectivity index (χ0v) is 14.8. The number of likely N-dealkylation sites (tertiary alicyclic amines) is 1. The van der Waals surface area contributed by atoms with Gasteiger partial charge in [0.2, 0.25) is 5.60 Å². The average Bonchev–Trinajstić information content (AvgIpc) is 2.94. The number of aliphatic hydroxyl groups is 2. The smallest absolute Gasteiger partial charge is 0.267 e. The lowest BCUT2D eigenvalue weighted by atomic mass is 10.0. The fourth-order valence-corrected chi connectivity index (χ4v) is 2.85. The molecule has 138 valence electrons. The monoisotopic (exact) mass is 365 g/mol. The van der Waals surface area contributed by atoms with E-state index in [1.165, 1.54) is 11.0 Å². The molecule has 7 nitrogen and oxygen atoms in total. The van der Waals surface area contributed by atoms with Crippen molar-refractivity contribution in [3.8, 4) is 23.1 Å². The molecule has 0 aliphatic carbocycles. The molecule has 0 radical (unpaired) electrons. The standard InChI is InChI=1S/C20H19N3O4/c1-23-8-7-20(27,19(23)26)6-5-13-3-2-4-15(9-13)16-10-14(12-24)11-17(22-16)18(21)25/h2-4,9-11,24,27H,7-8,12H2,1H3,(H2,21,25). The quantitative estimate of drug-likeness (QED) is 0.676. The normalized spacial score (nSPS) is 18.9. The molecule has 1 atom stereocenters. The van der Waals surface area contributed by atoms with Crippen molar-refractivity contribution in [1.82, 2.24) is 9.88 Å². The number of carbonyl (C=O) groups excluding carboxylic acids is 2. The molecule has 2 amide bonds. The van der Waals surface area contributed by atoms with Crippen LogP contribution in [0.2, 0.25) is 0 Å². The van der Waals surface area contributed by atoms with E-state index in [2.05, 4.69) is 16.8 Å². The molecule has 1 aliphatic rings. The highest BCUT2D eigenvalue weighted by molar-refractivity contribution is 5.92. The Hall–Kier alpha value is -3.21. The van der Waals surface area contributed by atoms with Crippen LogP contribution in [0.1, 0.15) is 28.0 Å². The number of nitrogens with two attached hydrogens (primary N) is 1. The second-order valence-electron chi connectivity index (χ2n) is 6.44. The van der Waals surface area contributed by atoms with Crippen molar-refractivity contribution in [2.75, 3.05) is 13.6 Å². The van der Waals surface area contributed by atoms with Gasteiger partial charge in [-0.15, -0.1) is 0 Å². The molecule has 1 saturated heterocycles. The Balaban J connectivity index is 1.96. The minimum atomic E-state index is -1.67. The van der Waals surface area contributed by atoms with Gasteiger partial charge in [0.15, 0.2) is 0 Å². The van der Waals surface area contributed by atoms with Gasteiger partial charge < -0.3 is 20.8 Å². The Morgan fingerprint density at radius 3 is 2.78 bits per heavy atom. The van der Waals surface area contributed by atoms with Gasteiger partial charge in [0.1, 0.15) is 5.69 Å². The first-order chi connectivity index (χ1) is 12.8. The van der Waals surface area contributed by atoms with Crippen LogP contribution in [0.5, 0.6) is 0 Å². The number of benzene rings is 1. The second kappa shape index (κ2) is 7.19. The molecule has 0 saturated carbocycles. The summed E-state index contributed by atoms with van der Waals surface area (Å²) < 4.78 is 0. The molecule has 7 heteroatoms. The van der Waals surface area contributed by atoms with E-state index < -0.39 is 17.4 Å². The molecule has 4 N–H and O–H groups in total. The summed E-state index contributed by atoms with van der Waals surface area (Å²) in [5.41, 5.74) is 5.92. The number of likely N-dealkylation sites (N-methyl/N-ethyl adjacent to an activating group) is 1. The van der Waals surface area contributed by atoms with E-state index in [0.29, 0.717) is 28.9 Å². The number of amides is 2. The third-order valence-corrected chi connectivity index (χ3v) is 4.40. The van der Waals surface area contributed by atoms with Crippen LogP contribution in [0.3, 0.4) is 0 Å². The van der Waals surface area contributed by atoms with Gasteiger partial charge in [-0.25, -0.2) is 4.98 Å². The number of carbonyl (C=O) groups is 2. The van der Waals surface area contributed by atoms with E-state index in [1.54, 1.807) is 37.4 Å². The number of hydrogen-bond acceptors (Lipinski definition) is 5. The van der Waals surface area contributed by atoms with Crippen molar-refractivity contribution >= 4 is 11.8 Å². The van der Waals surface area contributed by atoms with E-state index in [0.717, 1.165) is 0 Å². The van der Waals surface area contributed by atoms with E-state index in [9.17, 15) is 19.8 Å². The molecule has 1 unspecified atom stereocenters. The van der Waals surface area contributed by atoms with Gasteiger partial charge in [-0.1, -0.05) is 24.0 Å². The zero-order valence-electron chi connectivity index (χ0n) is 14.8. The van der Waals surface area contributed by atoms with Crippen LogP contribution < -0.4 is 5.73 Å². The molecule has 27 heavy (non-hydrogen) atoms. The summed E-state index contributed by atoms with van der Waals surface area (Å²) in [6.07, 6.45) is 0.261. The summed E-state index contributed by atoms with van der Waals surface area (Å²) in [4.78, 5) is 29.1. The Bertz CT molecular complexity index is 977. The van der Waals surface area contributed by atoms with Gasteiger partial charge in [-0.3, -0.25) is 9.59 Å². The van der Waals surface area contributed by atoms with Crippen LogP contribution in [0.4, 0.5) is 0 Å². The van der Waals surface area contributed by atoms with Crippen molar-refractivity contribution in [2.45, 2.75) is 18.6 Å². The van der Waals surface area contributed by atoms with Gasteiger partial charge in [0, 0.05) is 31.1 Å². The number of primary amides is 1. The highest BCUT2D eigenvalue weighted by Gasteiger charge is 2.42. The number of aromatic nitrogens is 1. The van der Waals surface area contributed by atoms with Crippen LogP contribution in [0, 0.1) is 11.8 Å². The number of pyridine rings is 1. The Kier molecular flexibility index (Phi) is 4.95. The molecule has 2 aromatic rings. The number of nitrogens with zero attached hydrogens (tertiary/aromatic N) is 2. The van der Waals surface area contributed by atoms with Crippen molar-refractivity contribution in [3.05, 3.63) is 53.2 Å². The lowest BCUT2D eigenvalue weighted by molar-refractivity contribution is -0.137. The van der Waals surface area contributed by atoms with E-state index in [-0.39, 0.29) is 18.7 Å². The van der Waals surface area contributed by atoms with Crippen LogP contribution in [-0.2, 0) is 11.4 Å². The predicted octanol–water partition coefficient (Wildman–Crippen LogP) is 0.284. The van der Waals surface area contributed by atoms with Gasteiger partial charge in [-0.2, -0.15) is 0 Å². The van der Waals surface area contributed by atoms with Crippen LogP contribution >= 0.6 is 0 Å². The molecular formula is C20H19N3O4. The molecule has 2 heterocycles. The van der Waals surface area contributed by atoms with Gasteiger partial charge in [0.05, 0.1) is 12.3 Å². The minimum absolute atomic E-state index is 0.0573. The predicted molar refractivity (Wildman–Crippen MR) is 98.2 cm³/mol. The minimum Gasteiger partial charge on any atom is -0.392 e. The number of rotatable bonds is 3. The van der Waals surface area contributed by atoms with E-state index in [4.69, 9.17) is 5.73 Å². The maximum absolute atomic E-state index is 12.0. The fraction of sp³-hybridized carbons (Fsp3) is 0.250. The third kappa shape index (κ3) is 3.82. The SMILES string of the molecule is CN1CCC(O)(C#Cc2cccc(-c3cc(CO)cc(C(N)=O)n3)c2)C1=O. The van der Waals surface area contributed by atoms with Gasteiger partial charge >= 0.3 is 0 Å². The summed E-state index contributed by atoms with van der Waals surface area (Å²) in [7, 11) is 1.62. The van der Waals surface area contributed by atoms with E-state index in [1.807, 2.05) is 0 Å². The first kappa shape index (κ1) is 18.6. The van der Waals surface area contributed by atoms with Gasteiger partial charge in [-0.05, 0) is 29.8 Å². The van der Waals surface area contributed by atoms with Crippen molar-refractivity contribution in [1.29, 1.82) is 0 Å². The maximum Gasteiger partial charge on any atom is 0.267 e. The highest BCUT2D eigenvalue weighted by Crippen LogP contribution is 2.23.